The van der Waals surface area contributed by atoms with Crippen molar-refractivity contribution in [3.05, 3.63) is 0 Å². The van der Waals surface area contributed by atoms with Crippen LogP contribution in [0, 0.1) is 0 Å². The largest absolute Gasteiger partial charge is 0.396 e. The number of nitrogens with zero attached hydrogens (tertiary/aromatic N) is 2. The van der Waals surface area contributed by atoms with Gasteiger partial charge in [-0.05, 0) is 32.2 Å². The summed E-state index contributed by atoms with van der Waals surface area (Å²) in [7, 11) is 3.59. The first-order chi connectivity index (χ1) is 8.15. The maximum atomic E-state index is 11.7. The molecule has 0 radical (unpaired) electrons. The highest BCUT2D eigenvalue weighted by atomic mass is 16.2. The molecule has 1 saturated heterocycles. The van der Waals surface area contributed by atoms with Crippen molar-refractivity contribution >= 4 is 6.03 Å². The van der Waals surface area contributed by atoms with E-state index in [1.165, 1.54) is 0 Å². The van der Waals surface area contributed by atoms with Crippen molar-refractivity contribution in [3.63, 3.8) is 0 Å². The predicted octanol–water partition coefficient (Wildman–Crippen LogP) is 0.494. The second kappa shape index (κ2) is 7.50. The van der Waals surface area contributed by atoms with E-state index in [0.717, 1.165) is 45.3 Å². The van der Waals surface area contributed by atoms with Crippen molar-refractivity contribution in [2.24, 2.45) is 0 Å². The van der Waals surface area contributed by atoms with Crippen molar-refractivity contribution < 1.29 is 9.90 Å². The van der Waals surface area contributed by atoms with Gasteiger partial charge in [-0.2, -0.15) is 0 Å². The molecule has 1 aliphatic rings. The summed E-state index contributed by atoms with van der Waals surface area (Å²) in [6.45, 7) is 2.92. The molecule has 0 aliphatic carbocycles. The Balaban J connectivity index is 2.15. The van der Waals surface area contributed by atoms with Crippen LogP contribution in [0.4, 0.5) is 4.79 Å². The second-order valence-corrected chi connectivity index (χ2v) is 4.82. The summed E-state index contributed by atoms with van der Waals surface area (Å²) in [4.78, 5) is 15.2. The zero-order valence-corrected chi connectivity index (χ0v) is 11.0. The number of likely N-dealkylation sites (tertiary alicyclic amines) is 1. The number of rotatable bonds is 5. The minimum absolute atomic E-state index is 0.115. The number of aliphatic hydroxyl groups excluding tert-OH is 1. The normalized spacial score (nSPS) is 17.2. The fourth-order valence-corrected chi connectivity index (χ4v) is 2.10. The number of hydrogen-bond donors (Lipinski definition) is 2. The summed E-state index contributed by atoms with van der Waals surface area (Å²) in [5, 5.41) is 12.2. The monoisotopic (exact) mass is 243 g/mol. The average Bonchev–Trinajstić information content (AvgIpc) is 2.34. The number of nitrogens with one attached hydrogen (secondary N) is 1. The van der Waals surface area contributed by atoms with Crippen LogP contribution in [0.1, 0.15) is 25.7 Å². The number of urea groups is 1. The van der Waals surface area contributed by atoms with Crippen LogP contribution in [0.25, 0.3) is 0 Å². The third-order valence-corrected chi connectivity index (χ3v) is 3.17. The van der Waals surface area contributed by atoms with Crippen LogP contribution in [0.3, 0.4) is 0 Å². The zero-order valence-electron chi connectivity index (χ0n) is 11.0. The van der Waals surface area contributed by atoms with Gasteiger partial charge in [0.25, 0.3) is 0 Å². The van der Waals surface area contributed by atoms with Gasteiger partial charge < -0.3 is 20.2 Å². The average molecular weight is 243 g/mol. The first kappa shape index (κ1) is 14.3. The van der Waals surface area contributed by atoms with E-state index >= 15 is 0 Å². The molecule has 2 amide bonds. The Bertz CT molecular complexity index is 226. The molecule has 5 nitrogen and oxygen atoms in total. The first-order valence-electron chi connectivity index (χ1n) is 6.45. The molecule has 0 aromatic heterocycles. The highest BCUT2D eigenvalue weighted by Crippen LogP contribution is 2.11. The molecule has 0 saturated carbocycles. The van der Waals surface area contributed by atoms with Gasteiger partial charge in [0.1, 0.15) is 0 Å². The van der Waals surface area contributed by atoms with Crippen LogP contribution >= 0.6 is 0 Å². The maximum absolute atomic E-state index is 11.7. The van der Waals surface area contributed by atoms with Crippen LogP contribution in [0.2, 0.25) is 0 Å². The fourth-order valence-electron chi connectivity index (χ4n) is 2.10. The minimum atomic E-state index is 0.115. The molecule has 0 bridgehead atoms. The lowest BCUT2D eigenvalue weighted by molar-refractivity contribution is 0.152. The number of carbonyl (C=O) groups is 1. The van der Waals surface area contributed by atoms with Gasteiger partial charge in [0.15, 0.2) is 0 Å². The lowest BCUT2D eigenvalue weighted by Crippen LogP contribution is -2.48. The van der Waals surface area contributed by atoms with Gasteiger partial charge in [-0.3, -0.25) is 0 Å². The highest BCUT2D eigenvalue weighted by molar-refractivity contribution is 5.73. The lowest BCUT2D eigenvalue weighted by Gasteiger charge is -2.34. The molecule has 17 heavy (non-hydrogen) atoms. The molecular weight excluding hydrogens is 218 g/mol. The summed E-state index contributed by atoms with van der Waals surface area (Å²) in [6.07, 6.45) is 3.94. The number of hydrogen-bond acceptors (Lipinski definition) is 3. The first-order valence-corrected chi connectivity index (χ1v) is 6.45. The molecule has 0 unspecified atom stereocenters. The summed E-state index contributed by atoms with van der Waals surface area (Å²) in [6, 6.07) is 0.642. The Morgan fingerprint density at radius 3 is 2.53 bits per heavy atom. The molecule has 0 aromatic carbocycles. The fraction of sp³-hybridized carbons (Fsp3) is 0.917. The number of aliphatic hydroxyl groups is 1. The Labute approximate surface area is 104 Å². The van der Waals surface area contributed by atoms with E-state index in [0.29, 0.717) is 6.04 Å². The summed E-state index contributed by atoms with van der Waals surface area (Å²) in [5.41, 5.74) is 0. The predicted molar refractivity (Wildman–Crippen MR) is 68.0 cm³/mol. The Hall–Kier alpha value is -0.810. The topological polar surface area (TPSA) is 55.8 Å². The molecule has 5 heteroatoms. The molecule has 1 fully saturated rings. The summed E-state index contributed by atoms with van der Waals surface area (Å²) in [5.74, 6) is 0. The summed E-state index contributed by atoms with van der Waals surface area (Å²) >= 11 is 0. The number of unbranched alkanes of at least 4 members (excludes halogenated alkanes) is 1. The zero-order chi connectivity index (χ0) is 12.7. The quantitative estimate of drug-likeness (QED) is 0.691. The van der Waals surface area contributed by atoms with Crippen LogP contribution < -0.4 is 5.32 Å². The Morgan fingerprint density at radius 1 is 1.35 bits per heavy atom. The Kier molecular flexibility index (Phi) is 6.29. The van der Waals surface area contributed by atoms with Gasteiger partial charge in [-0.1, -0.05) is 0 Å². The molecule has 2 N–H and O–H groups in total. The van der Waals surface area contributed by atoms with E-state index in [4.69, 9.17) is 5.11 Å². The van der Waals surface area contributed by atoms with Gasteiger partial charge >= 0.3 is 6.03 Å². The third-order valence-electron chi connectivity index (χ3n) is 3.17. The van der Waals surface area contributed by atoms with Crippen LogP contribution in [-0.4, -0.2) is 67.3 Å². The molecule has 1 rings (SSSR count). The molecular formula is C12H25N3O2. The van der Waals surface area contributed by atoms with Crippen molar-refractivity contribution in [3.8, 4) is 0 Å². The Morgan fingerprint density at radius 2 is 2.00 bits per heavy atom. The number of amides is 2. The lowest BCUT2D eigenvalue weighted by atomic mass is 10.1. The van der Waals surface area contributed by atoms with Crippen molar-refractivity contribution in [2.45, 2.75) is 31.7 Å². The number of piperidine rings is 1. The number of carbonyl (C=O) groups excluding carboxylic acids is 1. The molecule has 0 atom stereocenters. The molecule has 0 aromatic rings. The van der Waals surface area contributed by atoms with Crippen LogP contribution in [0.5, 0.6) is 0 Å². The van der Waals surface area contributed by atoms with Gasteiger partial charge in [-0.15, -0.1) is 0 Å². The van der Waals surface area contributed by atoms with E-state index in [1.54, 1.807) is 19.0 Å². The molecule has 1 heterocycles. The van der Waals surface area contributed by atoms with E-state index in [9.17, 15) is 4.79 Å². The highest BCUT2D eigenvalue weighted by Gasteiger charge is 2.22. The van der Waals surface area contributed by atoms with Gasteiger partial charge in [-0.25, -0.2) is 4.79 Å². The molecule has 1 aliphatic heterocycles. The van der Waals surface area contributed by atoms with E-state index in [-0.39, 0.29) is 12.6 Å². The van der Waals surface area contributed by atoms with E-state index in [1.807, 2.05) is 4.90 Å². The maximum Gasteiger partial charge on any atom is 0.319 e. The van der Waals surface area contributed by atoms with Crippen molar-refractivity contribution in [2.75, 3.05) is 40.3 Å². The van der Waals surface area contributed by atoms with E-state index < -0.39 is 0 Å². The van der Waals surface area contributed by atoms with Gasteiger partial charge in [0.05, 0.1) is 0 Å². The van der Waals surface area contributed by atoms with Crippen LogP contribution in [-0.2, 0) is 0 Å². The smallest absolute Gasteiger partial charge is 0.319 e. The van der Waals surface area contributed by atoms with Crippen molar-refractivity contribution in [1.29, 1.82) is 0 Å². The molecule has 100 valence electrons. The second-order valence-electron chi connectivity index (χ2n) is 4.82. The standard InChI is InChI=1S/C12H25N3O2/c1-14(2)12(17)15-8-5-11(6-9-15)13-7-3-4-10-16/h11,13,16H,3-10H2,1-2H3. The van der Waals surface area contributed by atoms with Gasteiger partial charge in [0, 0.05) is 39.8 Å². The van der Waals surface area contributed by atoms with Gasteiger partial charge in [0.2, 0.25) is 0 Å². The van der Waals surface area contributed by atoms with Crippen molar-refractivity contribution in [1.82, 2.24) is 15.1 Å². The van der Waals surface area contributed by atoms with Crippen LogP contribution in [0.15, 0.2) is 0 Å². The van der Waals surface area contributed by atoms with E-state index in [2.05, 4.69) is 5.32 Å². The summed E-state index contributed by atoms with van der Waals surface area (Å²) < 4.78 is 0. The molecule has 0 spiro atoms. The third kappa shape index (κ3) is 4.91. The SMILES string of the molecule is CN(C)C(=O)N1CCC(NCCCCO)CC1. The minimum Gasteiger partial charge on any atom is -0.396 e.